The average molecular weight is 507 g/mol. The lowest BCUT2D eigenvalue weighted by atomic mass is 10.0. The molecule has 0 saturated carbocycles. The van der Waals surface area contributed by atoms with Gasteiger partial charge in [0, 0.05) is 28.4 Å². The van der Waals surface area contributed by atoms with Gasteiger partial charge >= 0.3 is 0 Å². The van der Waals surface area contributed by atoms with E-state index in [-0.39, 0.29) is 10.6 Å². The molecule has 0 aliphatic heterocycles. The van der Waals surface area contributed by atoms with Crippen LogP contribution in [0.2, 0.25) is 0 Å². The molecule has 39 heavy (non-hydrogen) atoms. The summed E-state index contributed by atoms with van der Waals surface area (Å²) >= 11 is 0. The predicted octanol–water partition coefficient (Wildman–Crippen LogP) is 8.21. The highest BCUT2D eigenvalue weighted by molar-refractivity contribution is 6.09. The van der Waals surface area contributed by atoms with Crippen LogP contribution in [-0.4, -0.2) is 19.0 Å². The van der Waals surface area contributed by atoms with E-state index in [0.717, 1.165) is 50.4 Å². The summed E-state index contributed by atoms with van der Waals surface area (Å²) in [7, 11) is 0. The number of aromatic nitrogens is 3. The van der Waals surface area contributed by atoms with Crippen LogP contribution in [0, 0.1) is 10.1 Å². The van der Waals surface area contributed by atoms with Gasteiger partial charge in [0.2, 0.25) is 0 Å². The Morgan fingerprint density at radius 3 is 1.87 bits per heavy atom. The first kappa shape index (κ1) is 22.7. The largest absolute Gasteiger partial charge is 0.293 e. The summed E-state index contributed by atoms with van der Waals surface area (Å²) in [6.45, 7) is 0. The quantitative estimate of drug-likeness (QED) is 0.174. The van der Waals surface area contributed by atoms with Crippen molar-refractivity contribution in [3.63, 3.8) is 0 Å². The van der Waals surface area contributed by atoms with Gasteiger partial charge in [0.25, 0.3) is 5.69 Å². The molecular weight excluding hydrogens is 484 g/mol. The first-order chi connectivity index (χ1) is 19.2. The van der Waals surface area contributed by atoms with Crippen molar-refractivity contribution in [2.75, 3.05) is 0 Å². The molecule has 0 atom stereocenters. The maximum Gasteiger partial charge on any atom is 0.277 e. The number of nitrogens with zero attached hydrogens (tertiary/aromatic N) is 4. The van der Waals surface area contributed by atoms with E-state index >= 15 is 0 Å². The Morgan fingerprint density at radius 1 is 0.615 bits per heavy atom. The van der Waals surface area contributed by atoms with Crippen LogP contribution in [0.5, 0.6) is 0 Å². The fourth-order valence-electron chi connectivity index (χ4n) is 5.33. The fourth-order valence-corrected chi connectivity index (χ4v) is 5.33. The van der Waals surface area contributed by atoms with Gasteiger partial charge in [-0.2, -0.15) is 0 Å². The third-order valence-corrected chi connectivity index (χ3v) is 7.04. The standard InChI is InChI=1S/C33H22N4O2/c38-37(39)30-19-11-10-18-27(30)24-20-21-29-28(22-24)31-33(35(29)25-14-6-2-7-15-25)34-32(23-12-4-1-5-13-23)36(31)26-16-8-3-9-17-26/h1-22H. The molecule has 0 aliphatic carbocycles. The number of para-hydroxylation sites is 3. The molecule has 0 spiro atoms. The van der Waals surface area contributed by atoms with Gasteiger partial charge in [-0.15, -0.1) is 0 Å². The number of imidazole rings is 1. The summed E-state index contributed by atoms with van der Waals surface area (Å²) in [4.78, 5) is 16.8. The SMILES string of the molecule is O=[N+]([O-])c1ccccc1-c1ccc2c(c1)c1c(nc(-c3ccccc3)n1-c1ccccc1)n2-c1ccccc1. The number of rotatable bonds is 5. The molecule has 0 aliphatic rings. The van der Waals surface area contributed by atoms with Gasteiger partial charge in [-0.3, -0.25) is 19.2 Å². The molecule has 0 bridgehead atoms. The van der Waals surface area contributed by atoms with Crippen molar-refractivity contribution in [1.82, 2.24) is 14.1 Å². The Bertz CT molecular complexity index is 1980. The van der Waals surface area contributed by atoms with Crippen LogP contribution in [0.1, 0.15) is 0 Å². The van der Waals surface area contributed by atoms with Gasteiger partial charge in [0.05, 0.1) is 16.0 Å². The molecule has 2 aromatic heterocycles. The summed E-state index contributed by atoms with van der Waals surface area (Å²) in [6.07, 6.45) is 0. The van der Waals surface area contributed by atoms with E-state index in [1.807, 2.05) is 72.8 Å². The molecule has 0 amide bonds. The van der Waals surface area contributed by atoms with Crippen molar-refractivity contribution in [1.29, 1.82) is 0 Å². The molecule has 7 rings (SSSR count). The van der Waals surface area contributed by atoms with Crippen LogP contribution < -0.4 is 0 Å². The number of hydrogen-bond donors (Lipinski definition) is 0. The van der Waals surface area contributed by atoms with E-state index in [9.17, 15) is 10.1 Å². The van der Waals surface area contributed by atoms with Gasteiger partial charge in [0.15, 0.2) is 5.65 Å². The van der Waals surface area contributed by atoms with Crippen molar-refractivity contribution in [3.05, 3.63) is 144 Å². The van der Waals surface area contributed by atoms with Crippen LogP contribution in [0.3, 0.4) is 0 Å². The van der Waals surface area contributed by atoms with E-state index in [1.165, 1.54) is 0 Å². The lowest BCUT2D eigenvalue weighted by Gasteiger charge is -2.11. The molecule has 0 fully saturated rings. The van der Waals surface area contributed by atoms with Crippen molar-refractivity contribution >= 4 is 27.8 Å². The zero-order chi connectivity index (χ0) is 26.3. The molecule has 7 aromatic rings. The second kappa shape index (κ2) is 9.11. The lowest BCUT2D eigenvalue weighted by molar-refractivity contribution is -0.384. The molecular formula is C33H22N4O2. The Labute approximate surface area is 224 Å². The highest BCUT2D eigenvalue weighted by Crippen LogP contribution is 2.40. The minimum Gasteiger partial charge on any atom is -0.293 e. The number of benzene rings is 5. The third kappa shape index (κ3) is 3.69. The predicted molar refractivity (Wildman–Crippen MR) is 155 cm³/mol. The van der Waals surface area contributed by atoms with E-state index < -0.39 is 0 Å². The summed E-state index contributed by atoms with van der Waals surface area (Å²) in [5, 5.41) is 12.8. The fraction of sp³-hybridized carbons (Fsp3) is 0. The molecule has 0 N–H and O–H groups in total. The molecule has 6 nitrogen and oxygen atoms in total. The first-order valence-electron chi connectivity index (χ1n) is 12.7. The maximum absolute atomic E-state index is 11.8. The van der Waals surface area contributed by atoms with E-state index in [1.54, 1.807) is 18.2 Å². The molecule has 6 heteroatoms. The molecule has 2 heterocycles. The summed E-state index contributed by atoms with van der Waals surface area (Å²) in [5.74, 6) is 0.828. The van der Waals surface area contributed by atoms with Crippen LogP contribution in [-0.2, 0) is 0 Å². The van der Waals surface area contributed by atoms with Gasteiger partial charge < -0.3 is 0 Å². The summed E-state index contributed by atoms with van der Waals surface area (Å²) in [6, 6.07) is 43.4. The zero-order valence-electron chi connectivity index (χ0n) is 20.8. The van der Waals surface area contributed by atoms with Gasteiger partial charge in [-0.1, -0.05) is 84.9 Å². The number of hydrogen-bond acceptors (Lipinski definition) is 3. The molecule has 0 saturated heterocycles. The second-order valence-corrected chi connectivity index (χ2v) is 9.32. The van der Waals surface area contributed by atoms with E-state index in [2.05, 4.69) is 51.6 Å². The highest BCUT2D eigenvalue weighted by atomic mass is 16.6. The van der Waals surface area contributed by atoms with Crippen molar-refractivity contribution in [2.24, 2.45) is 0 Å². The zero-order valence-corrected chi connectivity index (χ0v) is 20.8. The smallest absolute Gasteiger partial charge is 0.277 e. The van der Waals surface area contributed by atoms with Crippen LogP contribution in [0.15, 0.2) is 133 Å². The number of nitro groups is 1. The normalized spacial score (nSPS) is 11.3. The summed E-state index contributed by atoms with van der Waals surface area (Å²) in [5.41, 5.74) is 7.17. The van der Waals surface area contributed by atoms with Crippen molar-refractivity contribution < 1.29 is 4.92 Å². The lowest BCUT2D eigenvalue weighted by Crippen LogP contribution is -1.98. The Hall–Kier alpha value is -5.49. The van der Waals surface area contributed by atoms with Gasteiger partial charge in [-0.25, -0.2) is 4.98 Å². The molecule has 0 unspecified atom stereocenters. The average Bonchev–Trinajstić information content (AvgIpc) is 3.53. The minimum atomic E-state index is -0.327. The molecule has 0 radical (unpaired) electrons. The highest BCUT2D eigenvalue weighted by Gasteiger charge is 2.24. The Morgan fingerprint density at radius 2 is 1.21 bits per heavy atom. The summed E-state index contributed by atoms with van der Waals surface area (Å²) < 4.78 is 4.36. The first-order valence-corrected chi connectivity index (χ1v) is 12.7. The van der Waals surface area contributed by atoms with Gasteiger partial charge in [0.1, 0.15) is 11.3 Å². The van der Waals surface area contributed by atoms with E-state index in [0.29, 0.717) is 5.56 Å². The third-order valence-electron chi connectivity index (χ3n) is 7.04. The van der Waals surface area contributed by atoms with E-state index in [4.69, 9.17) is 4.98 Å². The molecule has 5 aromatic carbocycles. The van der Waals surface area contributed by atoms with Crippen molar-refractivity contribution in [2.45, 2.75) is 0 Å². The van der Waals surface area contributed by atoms with Crippen LogP contribution in [0.25, 0.3) is 56.0 Å². The number of fused-ring (bicyclic) bond motifs is 3. The maximum atomic E-state index is 11.8. The molecule has 186 valence electrons. The van der Waals surface area contributed by atoms with Crippen molar-refractivity contribution in [3.8, 4) is 33.9 Å². The minimum absolute atomic E-state index is 0.0807. The van der Waals surface area contributed by atoms with Crippen LogP contribution in [0.4, 0.5) is 5.69 Å². The second-order valence-electron chi connectivity index (χ2n) is 9.32. The van der Waals surface area contributed by atoms with Gasteiger partial charge in [-0.05, 0) is 48.0 Å². The topological polar surface area (TPSA) is 65.9 Å². The number of nitro benzene ring substituents is 1. The Kier molecular flexibility index (Phi) is 5.30. The van der Waals surface area contributed by atoms with Crippen LogP contribution >= 0.6 is 0 Å². The monoisotopic (exact) mass is 506 g/mol. The Balaban J connectivity index is 1.63.